The summed E-state index contributed by atoms with van der Waals surface area (Å²) in [5.41, 5.74) is 0. The first kappa shape index (κ1) is 13.8. The minimum Gasteiger partial charge on any atom is -0.492 e. The molecule has 0 spiro atoms. The van der Waals surface area contributed by atoms with Gasteiger partial charge in [0.25, 0.3) is 0 Å². The summed E-state index contributed by atoms with van der Waals surface area (Å²) in [7, 11) is 0. The standard InChI is InChI=1S/C15H18N4O2S/c1-10-4-2-6-18(8-10)12(11-5-3-7-21-11)13-14(20)19-15(22-13)16-9-17-19/h3,5,7,9-10,12,20H,2,4,6,8H2,1H3/p+1/t10-,12+/m1/s1. The van der Waals surface area contributed by atoms with Crippen LogP contribution in [0.15, 0.2) is 29.1 Å². The molecule has 3 aromatic rings. The van der Waals surface area contributed by atoms with Crippen LogP contribution in [-0.4, -0.2) is 32.8 Å². The molecule has 0 amide bonds. The van der Waals surface area contributed by atoms with Crippen LogP contribution in [0.1, 0.15) is 36.4 Å². The minimum atomic E-state index is 0.00579. The lowest BCUT2D eigenvalue weighted by Gasteiger charge is -2.32. The van der Waals surface area contributed by atoms with Gasteiger partial charge in [0.1, 0.15) is 11.2 Å². The smallest absolute Gasteiger partial charge is 0.235 e. The van der Waals surface area contributed by atoms with Crippen molar-refractivity contribution < 1.29 is 14.4 Å². The summed E-state index contributed by atoms with van der Waals surface area (Å²) < 4.78 is 7.19. The summed E-state index contributed by atoms with van der Waals surface area (Å²) in [6.07, 6.45) is 5.64. The van der Waals surface area contributed by atoms with Gasteiger partial charge in [0.15, 0.2) is 11.8 Å². The Morgan fingerprint density at radius 2 is 2.45 bits per heavy atom. The molecule has 1 unspecified atom stereocenters. The minimum absolute atomic E-state index is 0.00579. The monoisotopic (exact) mass is 319 g/mol. The van der Waals surface area contributed by atoms with Gasteiger partial charge in [-0.3, -0.25) is 0 Å². The van der Waals surface area contributed by atoms with Crippen molar-refractivity contribution in [3.8, 4) is 5.88 Å². The molecule has 0 radical (unpaired) electrons. The van der Waals surface area contributed by atoms with Gasteiger partial charge in [-0.1, -0.05) is 18.3 Å². The third-order valence-corrected chi connectivity index (χ3v) is 5.54. The van der Waals surface area contributed by atoms with Crippen molar-refractivity contribution >= 4 is 16.3 Å². The number of aromatic nitrogens is 3. The first-order chi connectivity index (χ1) is 10.7. The molecule has 0 saturated carbocycles. The predicted molar refractivity (Wildman–Crippen MR) is 82.2 cm³/mol. The molecule has 1 aliphatic rings. The summed E-state index contributed by atoms with van der Waals surface area (Å²) in [4.78, 5) is 7.23. The fraction of sp³-hybridized carbons (Fsp3) is 0.467. The van der Waals surface area contributed by atoms with Gasteiger partial charge in [-0.05, 0) is 25.0 Å². The quantitative estimate of drug-likeness (QED) is 0.767. The maximum Gasteiger partial charge on any atom is 0.235 e. The van der Waals surface area contributed by atoms with E-state index in [2.05, 4.69) is 17.0 Å². The van der Waals surface area contributed by atoms with Crippen LogP contribution in [0.2, 0.25) is 0 Å². The van der Waals surface area contributed by atoms with Crippen molar-refractivity contribution in [3.05, 3.63) is 35.4 Å². The first-order valence-electron chi connectivity index (χ1n) is 7.63. The van der Waals surface area contributed by atoms with Crippen LogP contribution in [0.5, 0.6) is 5.88 Å². The first-order valence-corrected chi connectivity index (χ1v) is 8.45. The van der Waals surface area contributed by atoms with Crippen LogP contribution in [0.3, 0.4) is 0 Å². The van der Waals surface area contributed by atoms with Gasteiger partial charge in [0, 0.05) is 5.92 Å². The molecule has 22 heavy (non-hydrogen) atoms. The Hall–Kier alpha value is -1.86. The van der Waals surface area contributed by atoms with E-state index in [0.717, 1.165) is 23.7 Å². The van der Waals surface area contributed by atoms with E-state index in [4.69, 9.17) is 4.42 Å². The second-order valence-corrected chi connectivity index (χ2v) is 7.06. The number of fused-ring (bicyclic) bond motifs is 1. The zero-order chi connectivity index (χ0) is 15.1. The molecule has 0 bridgehead atoms. The van der Waals surface area contributed by atoms with E-state index in [9.17, 15) is 5.11 Å². The number of nitrogens with zero attached hydrogens (tertiary/aromatic N) is 3. The Kier molecular flexibility index (Phi) is 3.38. The van der Waals surface area contributed by atoms with Crippen molar-refractivity contribution in [1.82, 2.24) is 14.6 Å². The SMILES string of the molecule is C[C@@H]1CCC[NH+]([C@@H](c2ccco2)c2sc3ncnn3c2O)C1. The van der Waals surface area contributed by atoms with Crippen LogP contribution >= 0.6 is 11.3 Å². The fourth-order valence-electron chi connectivity index (χ4n) is 3.44. The number of hydrogen-bond donors (Lipinski definition) is 2. The van der Waals surface area contributed by atoms with Crippen LogP contribution in [-0.2, 0) is 0 Å². The maximum atomic E-state index is 10.6. The Balaban J connectivity index is 1.79. The number of quaternary nitrogens is 1. The summed E-state index contributed by atoms with van der Waals surface area (Å²) >= 11 is 1.49. The van der Waals surface area contributed by atoms with Gasteiger partial charge < -0.3 is 14.4 Å². The fourth-order valence-corrected chi connectivity index (χ4v) is 4.54. The number of furan rings is 1. The zero-order valence-corrected chi connectivity index (χ0v) is 13.2. The molecular formula is C15H19N4O2S+. The molecule has 116 valence electrons. The normalized spacial score (nSPS) is 23.9. The molecule has 4 heterocycles. The third kappa shape index (κ3) is 2.21. The van der Waals surface area contributed by atoms with E-state index in [0.29, 0.717) is 10.9 Å². The molecule has 7 heteroatoms. The van der Waals surface area contributed by atoms with Gasteiger partial charge in [0.2, 0.25) is 10.8 Å². The van der Waals surface area contributed by atoms with Gasteiger partial charge in [-0.15, -0.1) is 0 Å². The second kappa shape index (κ2) is 5.40. The lowest BCUT2D eigenvalue weighted by atomic mass is 9.97. The zero-order valence-electron chi connectivity index (χ0n) is 12.4. The number of piperidine rings is 1. The van der Waals surface area contributed by atoms with E-state index in [-0.39, 0.29) is 11.9 Å². The Morgan fingerprint density at radius 1 is 1.55 bits per heavy atom. The number of likely N-dealkylation sites (tertiary alicyclic amines) is 1. The molecule has 6 nitrogen and oxygen atoms in total. The van der Waals surface area contributed by atoms with Crippen molar-refractivity contribution in [2.45, 2.75) is 25.8 Å². The molecule has 1 fully saturated rings. The van der Waals surface area contributed by atoms with Crippen LogP contribution < -0.4 is 4.90 Å². The van der Waals surface area contributed by atoms with Gasteiger partial charge >= 0.3 is 0 Å². The average molecular weight is 319 g/mol. The van der Waals surface area contributed by atoms with Crippen LogP contribution in [0, 0.1) is 5.92 Å². The Bertz CT molecular complexity index is 764. The van der Waals surface area contributed by atoms with E-state index in [1.165, 1.54) is 39.9 Å². The molecule has 2 N–H and O–H groups in total. The largest absolute Gasteiger partial charge is 0.492 e. The Labute approximate surface area is 132 Å². The Morgan fingerprint density at radius 3 is 3.18 bits per heavy atom. The highest BCUT2D eigenvalue weighted by molar-refractivity contribution is 7.17. The molecule has 0 aromatic carbocycles. The van der Waals surface area contributed by atoms with Crippen molar-refractivity contribution in [2.75, 3.05) is 13.1 Å². The van der Waals surface area contributed by atoms with Gasteiger partial charge in [0.05, 0.1) is 19.4 Å². The van der Waals surface area contributed by atoms with Gasteiger partial charge in [-0.25, -0.2) is 4.98 Å². The van der Waals surface area contributed by atoms with Crippen molar-refractivity contribution in [2.24, 2.45) is 5.92 Å². The number of thiazole rings is 1. The lowest BCUT2D eigenvalue weighted by molar-refractivity contribution is -0.934. The number of hydrogen-bond acceptors (Lipinski definition) is 5. The van der Waals surface area contributed by atoms with E-state index < -0.39 is 0 Å². The highest BCUT2D eigenvalue weighted by Crippen LogP contribution is 2.35. The lowest BCUT2D eigenvalue weighted by Crippen LogP contribution is -3.13. The van der Waals surface area contributed by atoms with E-state index in [1.54, 1.807) is 6.26 Å². The van der Waals surface area contributed by atoms with Gasteiger partial charge in [-0.2, -0.15) is 9.61 Å². The topological polar surface area (TPSA) is 68.0 Å². The molecule has 0 aliphatic carbocycles. The third-order valence-electron chi connectivity index (χ3n) is 4.44. The summed E-state index contributed by atoms with van der Waals surface area (Å²) in [6, 6.07) is 3.90. The van der Waals surface area contributed by atoms with Crippen LogP contribution in [0.4, 0.5) is 0 Å². The number of rotatable bonds is 3. The molecule has 3 atom stereocenters. The molecule has 1 saturated heterocycles. The maximum absolute atomic E-state index is 10.6. The van der Waals surface area contributed by atoms with Crippen LogP contribution in [0.25, 0.3) is 4.96 Å². The summed E-state index contributed by atoms with van der Waals surface area (Å²) in [5.74, 6) is 1.76. The molecule has 4 rings (SSSR count). The molecule has 1 aliphatic heterocycles. The average Bonchev–Trinajstić information content (AvgIpc) is 3.21. The highest BCUT2D eigenvalue weighted by atomic mass is 32.1. The number of nitrogens with one attached hydrogen (secondary N) is 1. The van der Waals surface area contributed by atoms with Crippen molar-refractivity contribution in [3.63, 3.8) is 0 Å². The highest BCUT2D eigenvalue weighted by Gasteiger charge is 2.36. The number of aromatic hydroxyl groups is 1. The summed E-state index contributed by atoms with van der Waals surface area (Å²) in [5, 5.41) is 14.6. The van der Waals surface area contributed by atoms with E-state index in [1.807, 2.05) is 12.1 Å². The predicted octanol–water partition coefficient (Wildman–Crippen LogP) is 1.49. The van der Waals surface area contributed by atoms with E-state index >= 15 is 0 Å². The second-order valence-electron chi connectivity index (χ2n) is 6.05. The summed E-state index contributed by atoms with van der Waals surface area (Å²) in [6.45, 7) is 4.46. The van der Waals surface area contributed by atoms with Crippen molar-refractivity contribution in [1.29, 1.82) is 0 Å². The molecular weight excluding hydrogens is 300 g/mol. The molecule has 3 aromatic heterocycles.